The van der Waals surface area contributed by atoms with Crippen molar-refractivity contribution in [1.29, 1.82) is 0 Å². The van der Waals surface area contributed by atoms with Crippen LogP contribution in [0.2, 0.25) is 0 Å². The zero-order valence-corrected chi connectivity index (χ0v) is 19.9. The topological polar surface area (TPSA) is 105 Å². The second-order valence-electron chi connectivity index (χ2n) is 8.06. The Hall–Kier alpha value is -2.65. The van der Waals surface area contributed by atoms with Crippen molar-refractivity contribution in [2.75, 3.05) is 20.3 Å². The van der Waals surface area contributed by atoms with Crippen LogP contribution >= 0.6 is 11.3 Å². The third kappa shape index (κ3) is 9.09. The molecular formula is C21H25F6N3O5S. The van der Waals surface area contributed by atoms with E-state index in [4.69, 9.17) is 24.5 Å². The van der Waals surface area contributed by atoms with Crippen LogP contribution < -0.4 is 0 Å². The highest BCUT2D eigenvalue weighted by molar-refractivity contribution is 7.09. The summed E-state index contributed by atoms with van der Waals surface area (Å²) < 4.78 is 71.3. The highest BCUT2D eigenvalue weighted by atomic mass is 32.1. The van der Waals surface area contributed by atoms with Crippen molar-refractivity contribution in [2.24, 2.45) is 5.92 Å². The largest absolute Gasteiger partial charge is 0.490 e. The molecule has 36 heavy (non-hydrogen) atoms. The minimum atomic E-state index is -5.08. The lowest BCUT2D eigenvalue weighted by Gasteiger charge is -2.35. The summed E-state index contributed by atoms with van der Waals surface area (Å²) in [6, 6.07) is 4.70. The minimum absolute atomic E-state index is 0.331. The predicted molar refractivity (Wildman–Crippen MR) is 115 cm³/mol. The number of carboxylic acids is 2. The van der Waals surface area contributed by atoms with Gasteiger partial charge in [0.25, 0.3) is 0 Å². The van der Waals surface area contributed by atoms with Gasteiger partial charge >= 0.3 is 24.3 Å². The van der Waals surface area contributed by atoms with E-state index in [9.17, 15) is 26.3 Å². The van der Waals surface area contributed by atoms with Gasteiger partial charge in [0, 0.05) is 31.6 Å². The molecule has 0 spiro atoms. The molecule has 1 unspecified atom stereocenters. The maximum Gasteiger partial charge on any atom is 0.490 e. The average molecular weight is 546 g/mol. The van der Waals surface area contributed by atoms with E-state index < -0.39 is 24.3 Å². The zero-order chi connectivity index (χ0) is 27.1. The number of ether oxygens (including phenoxy) is 1. The van der Waals surface area contributed by atoms with Crippen molar-refractivity contribution in [2.45, 2.75) is 50.7 Å². The molecule has 2 aliphatic rings. The van der Waals surface area contributed by atoms with E-state index in [0.29, 0.717) is 6.04 Å². The summed E-state index contributed by atoms with van der Waals surface area (Å²) in [7, 11) is 1.80. The maximum atomic E-state index is 10.6. The van der Waals surface area contributed by atoms with Crippen LogP contribution in [-0.4, -0.2) is 69.4 Å². The van der Waals surface area contributed by atoms with Crippen LogP contribution in [0.3, 0.4) is 0 Å². The Bertz CT molecular complexity index is 965. The number of aliphatic carboxylic acids is 2. The van der Waals surface area contributed by atoms with Crippen LogP contribution in [0.1, 0.15) is 35.0 Å². The number of rotatable bonds is 6. The van der Waals surface area contributed by atoms with Gasteiger partial charge in [0.1, 0.15) is 0 Å². The number of halogens is 6. The van der Waals surface area contributed by atoms with Gasteiger partial charge in [-0.3, -0.25) is 9.58 Å². The number of nitrogens with zero attached hydrogens (tertiary/aromatic N) is 3. The Morgan fingerprint density at radius 1 is 1.14 bits per heavy atom. The standard InChI is InChI=1S/C17H23N3OS.2C2HF3O2/c1-21-12-16-17-14(9-18-20(17)10-13-4-5-13)6-7-19(16)11-15-3-2-8-22-15;2*3-2(4,5)1(6)7/h2-3,8-9,13,16H,4-7,10-12H2,1H3;2*(H,6,7). The lowest BCUT2D eigenvalue weighted by Crippen LogP contribution is -2.38. The summed E-state index contributed by atoms with van der Waals surface area (Å²) in [6.07, 6.45) is -4.25. The van der Waals surface area contributed by atoms with Crippen molar-refractivity contribution in [3.05, 3.63) is 39.8 Å². The molecule has 0 aromatic carbocycles. The predicted octanol–water partition coefficient (Wildman–Crippen LogP) is 4.37. The van der Waals surface area contributed by atoms with Gasteiger partial charge < -0.3 is 14.9 Å². The molecule has 0 amide bonds. The number of alkyl halides is 6. The number of thiophene rings is 1. The Labute approximate surface area is 206 Å². The van der Waals surface area contributed by atoms with Crippen LogP contribution in [0, 0.1) is 5.92 Å². The van der Waals surface area contributed by atoms with E-state index in [0.717, 1.165) is 38.6 Å². The molecule has 1 fully saturated rings. The van der Waals surface area contributed by atoms with Crippen LogP contribution in [0.4, 0.5) is 26.3 Å². The summed E-state index contributed by atoms with van der Waals surface area (Å²) in [5, 5.41) is 21.1. The van der Waals surface area contributed by atoms with Crippen LogP contribution in [-0.2, 0) is 33.8 Å². The molecule has 8 nitrogen and oxygen atoms in total. The minimum Gasteiger partial charge on any atom is -0.475 e. The van der Waals surface area contributed by atoms with Crippen molar-refractivity contribution in [3.8, 4) is 0 Å². The number of carboxylic acid groups (broad SMARTS) is 2. The summed E-state index contributed by atoms with van der Waals surface area (Å²) in [4.78, 5) is 21.8. The highest BCUT2D eigenvalue weighted by Crippen LogP contribution is 2.35. The first-order chi connectivity index (χ1) is 16.7. The first-order valence-corrected chi connectivity index (χ1v) is 11.5. The quantitative estimate of drug-likeness (QED) is 0.520. The maximum absolute atomic E-state index is 10.6. The molecule has 2 aromatic rings. The third-order valence-electron chi connectivity index (χ3n) is 5.26. The Balaban J connectivity index is 0.000000271. The molecule has 202 valence electrons. The SMILES string of the molecule is COCC1c2c(cnn2CC2CC2)CCN1Cc1cccs1.O=C(O)C(F)(F)F.O=C(O)C(F)(F)F. The Kier molecular flexibility index (Phi) is 10.3. The molecule has 3 heterocycles. The van der Waals surface area contributed by atoms with Crippen molar-refractivity contribution < 1.29 is 50.9 Å². The molecule has 2 N–H and O–H groups in total. The zero-order valence-electron chi connectivity index (χ0n) is 19.1. The third-order valence-corrected chi connectivity index (χ3v) is 6.12. The fourth-order valence-electron chi connectivity index (χ4n) is 3.43. The van der Waals surface area contributed by atoms with Gasteiger partial charge in [-0.2, -0.15) is 31.4 Å². The smallest absolute Gasteiger partial charge is 0.475 e. The molecule has 0 radical (unpaired) electrons. The van der Waals surface area contributed by atoms with Crippen LogP contribution in [0.5, 0.6) is 0 Å². The second kappa shape index (κ2) is 12.5. The number of hydrogen-bond acceptors (Lipinski definition) is 6. The molecule has 1 saturated carbocycles. The van der Waals surface area contributed by atoms with Crippen LogP contribution in [0.25, 0.3) is 0 Å². The summed E-state index contributed by atoms with van der Waals surface area (Å²) in [5.74, 6) is -4.67. The van der Waals surface area contributed by atoms with Crippen molar-refractivity contribution >= 4 is 23.3 Å². The van der Waals surface area contributed by atoms with Gasteiger partial charge in [-0.15, -0.1) is 11.3 Å². The van der Waals surface area contributed by atoms with Crippen LogP contribution in [0.15, 0.2) is 23.7 Å². The lowest BCUT2D eigenvalue weighted by atomic mass is 10.00. The highest BCUT2D eigenvalue weighted by Gasteiger charge is 2.39. The van der Waals surface area contributed by atoms with Gasteiger partial charge in [0.15, 0.2) is 0 Å². The summed E-state index contributed by atoms with van der Waals surface area (Å²) in [5.41, 5.74) is 2.82. The molecule has 0 bridgehead atoms. The average Bonchev–Trinajstić information content (AvgIpc) is 3.26. The summed E-state index contributed by atoms with van der Waals surface area (Å²) >= 11 is 1.84. The number of carbonyl (C=O) groups is 2. The molecule has 1 atom stereocenters. The van der Waals surface area contributed by atoms with E-state index in [1.54, 1.807) is 7.11 Å². The van der Waals surface area contributed by atoms with Crippen molar-refractivity contribution in [1.82, 2.24) is 14.7 Å². The van der Waals surface area contributed by atoms with E-state index in [-0.39, 0.29) is 0 Å². The normalized spacial score (nSPS) is 17.8. The number of methoxy groups -OCH3 is 1. The second-order valence-corrected chi connectivity index (χ2v) is 9.09. The molecule has 2 aromatic heterocycles. The van der Waals surface area contributed by atoms with E-state index in [1.165, 1.54) is 29.0 Å². The first-order valence-electron chi connectivity index (χ1n) is 10.6. The van der Waals surface area contributed by atoms with Gasteiger partial charge in [0.2, 0.25) is 0 Å². The number of fused-ring (bicyclic) bond motifs is 1. The molecule has 15 heteroatoms. The monoisotopic (exact) mass is 545 g/mol. The first kappa shape index (κ1) is 29.6. The summed E-state index contributed by atoms with van der Waals surface area (Å²) in [6.45, 7) is 3.94. The van der Waals surface area contributed by atoms with E-state index in [2.05, 4.69) is 38.4 Å². The molecule has 1 aliphatic carbocycles. The fourth-order valence-corrected chi connectivity index (χ4v) is 4.16. The Morgan fingerprint density at radius 2 is 1.72 bits per heavy atom. The van der Waals surface area contributed by atoms with Gasteiger partial charge in [0.05, 0.1) is 24.5 Å². The van der Waals surface area contributed by atoms with E-state index in [1.807, 2.05) is 11.3 Å². The molecule has 1 aliphatic heterocycles. The van der Waals surface area contributed by atoms with Crippen molar-refractivity contribution in [3.63, 3.8) is 0 Å². The van der Waals surface area contributed by atoms with E-state index >= 15 is 0 Å². The molecule has 4 rings (SSSR count). The number of aromatic nitrogens is 2. The number of hydrogen-bond donors (Lipinski definition) is 2. The van der Waals surface area contributed by atoms with Gasteiger partial charge in [-0.25, -0.2) is 9.59 Å². The molecule has 0 saturated heterocycles. The Morgan fingerprint density at radius 3 is 2.17 bits per heavy atom. The fraction of sp³-hybridized carbons (Fsp3) is 0.571. The molecular weight excluding hydrogens is 520 g/mol. The van der Waals surface area contributed by atoms with Gasteiger partial charge in [-0.05, 0) is 42.2 Å². The van der Waals surface area contributed by atoms with Gasteiger partial charge in [-0.1, -0.05) is 6.07 Å². The lowest BCUT2D eigenvalue weighted by molar-refractivity contribution is -0.193.